The van der Waals surface area contributed by atoms with Gasteiger partial charge in [-0.15, -0.1) is 0 Å². The Kier molecular flexibility index (Phi) is 8.54. The Hall–Kier alpha value is -3.00. The molecule has 29 heavy (non-hydrogen) atoms. The van der Waals surface area contributed by atoms with Gasteiger partial charge in [0, 0.05) is 30.7 Å². The van der Waals surface area contributed by atoms with Crippen LogP contribution >= 0.6 is 0 Å². The van der Waals surface area contributed by atoms with Gasteiger partial charge < -0.3 is 15.5 Å². The lowest BCUT2D eigenvalue weighted by molar-refractivity contribution is -0.136. The number of aromatic nitrogens is 2. The average Bonchev–Trinajstić information content (AvgIpc) is 2.69. The van der Waals surface area contributed by atoms with Crippen LogP contribution in [-0.2, 0) is 16.1 Å². The number of hydrogen-bond acceptors (Lipinski definition) is 5. The maximum Gasteiger partial charge on any atom is 0.347 e. The Morgan fingerprint density at radius 1 is 1.17 bits per heavy atom. The molecule has 0 atom stereocenters. The van der Waals surface area contributed by atoms with Gasteiger partial charge in [0.2, 0.25) is 0 Å². The molecule has 0 spiro atoms. The third-order valence-electron chi connectivity index (χ3n) is 4.63. The molecule has 2 aromatic rings. The number of amides is 2. The highest BCUT2D eigenvalue weighted by Gasteiger charge is 2.13. The van der Waals surface area contributed by atoms with Crippen molar-refractivity contribution in [1.29, 1.82) is 0 Å². The third kappa shape index (κ3) is 7.50. The van der Waals surface area contributed by atoms with Crippen LogP contribution in [0.5, 0.6) is 0 Å². The second-order valence-electron chi connectivity index (χ2n) is 7.22. The zero-order valence-corrected chi connectivity index (χ0v) is 17.2. The van der Waals surface area contributed by atoms with Crippen LogP contribution in [0.2, 0.25) is 0 Å². The fourth-order valence-electron chi connectivity index (χ4n) is 2.67. The fraction of sp³-hybridized carbons (Fsp3) is 0.429. The first-order chi connectivity index (χ1) is 13.9. The number of benzene rings is 1. The predicted molar refractivity (Wildman–Crippen MR) is 113 cm³/mol. The summed E-state index contributed by atoms with van der Waals surface area (Å²) in [6.07, 6.45) is 4.85. The first-order valence-electron chi connectivity index (χ1n) is 9.76. The minimum atomic E-state index is -0.708. The molecule has 0 fully saturated rings. The third-order valence-corrected chi connectivity index (χ3v) is 4.63. The summed E-state index contributed by atoms with van der Waals surface area (Å²) in [4.78, 5) is 41.8. The fourth-order valence-corrected chi connectivity index (χ4v) is 2.67. The van der Waals surface area contributed by atoms with Crippen LogP contribution in [0.3, 0.4) is 0 Å². The zero-order valence-electron chi connectivity index (χ0n) is 17.2. The molecule has 0 saturated heterocycles. The molecule has 0 radical (unpaired) electrons. The summed E-state index contributed by atoms with van der Waals surface area (Å²) in [5.41, 5.74) is 0.964. The van der Waals surface area contributed by atoms with Crippen molar-refractivity contribution in [3.63, 3.8) is 0 Å². The van der Waals surface area contributed by atoms with Crippen LogP contribution in [0, 0.1) is 0 Å². The standard InChI is InChI=1S/C21H29N5O3/c1-16(2)25(3)12-5-4-10-22-19(27)20(28)24-18-9-6-8-17(14-18)15-26-13-7-11-23-21(26)29/h6-9,11,13-14,16H,4-5,10,12,15H2,1-3H3,(H,22,27)(H,24,28). The van der Waals surface area contributed by atoms with E-state index < -0.39 is 11.8 Å². The van der Waals surface area contributed by atoms with Gasteiger partial charge in [0.25, 0.3) is 0 Å². The number of nitrogens with one attached hydrogen (secondary N) is 2. The first-order valence-corrected chi connectivity index (χ1v) is 9.76. The lowest BCUT2D eigenvalue weighted by Gasteiger charge is -2.20. The molecule has 156 valence electrons. The van der Waals surface area contributed by atoms with Gasteiger partial charge in [0.15, 0.2) is 0 Å². The molecule has 0 unspecified atom stereocenters. The Morgan fingerprint density at radius 2 is 1.97 bits per heavy atom. The molecule has 2 amide bonds. The quantitative estimate of drug-likeness (QED) is 0.492. The number of carbonyl (C=O) groups excluding carboxylic acids is 2. The summed E-state index contributed by atoms with van der Waals surface area (Å²) in [7, 11) is 2.06. The lowest BCUT2D eigenvalue weighted by Crippen LogP contribution is -2.36. The van der Waals surface area contributed by atoms with E-state index in [1.807, 2.05) is 6.07 Å². The van der Waals surface area contributed by atoms with E-state index in [2.05, 4.69) is 41.4 Å². The molecular weight excluding hydrogens is 370 g/mol. The van der Waals surface area contributed by atoms with E-state index in [0.717, 1.165) is 24.9 Å². The Labute approximate surface area is 170 Å². The Morgan fingerprint density at radius 3 is 2.69 bits per heavy atom. The maximum atomic E-state index is 12.1. The normalized spacial score (nSPS) is 10.9. The van der Waals surface area contributed by atoms with E-state index >= 15 is 0 Å². The summed E-state index contributed by atoms with van der Waals surface area (Å²) >= 11 is 0. The SMILES string of the molecule is CC(C)N(C)CCCCNC(=O)C(=O)Nc1cccc(Cn2cccnc2=O)c1. The molecule has 2 N–H and O–H groups in total. The smallest absolute Gasteiger partial charge is 0.347 e. The van der Waals surface area contributed by atoms with Gasteiger partial charge in [-0.3, -0.25) is 14.2 Å². The van der Waals surface area contributed by atoms with Gasteiger partial charge in [-0.05, 0) is 64.0 Å². The van der Waals surface area contributed by atoms with Crippen molar-refractivity contribution in [3.05, 3.63) is 58.8 Å². The maximum absolute atomic E-state index is 12.1. The van der Waals surface area contributed by atoms with E-state index in [9.17, 15) is 14.4 Å². The van der Waals surface area contributed by atoms with Crippen molar-refractivity contribution >= 4 is 17.5 Å². The van der Waals surface area contributed by atoms with Gasteiger partial charge in [0.05, 0.1) is 6.54 Å². The van der Waals surface area contributed by atoms with Crippen LogP contribution < -0.4 is 16.3 Å². The highest BCUT2D eigenvalue weighted by atomic mass is 16.2. The summed E-state index contributed by atoms with van der Waals surface area (Å²) in [5.74, 6) is -1.36. The molecule has 0 aliphatic carbocycles. The molecule has 8 nitrogen and oxygen atoms in total. The lowest BCUT2D eigenvalue weighted by atomic mass is 10.2. The number of unbranched alkanes of at least 4 members (excludes halogenated alkanes) is 1. The average molecular weight is 399 g/mol. The Bertz CT molecular complexity index is 878. The highest BCUT2D eigenvalue weighted by molar-refractivity contribution is 6.39. The van der Waals surface area contributed by atoms with Crippen LogP contribution in [-0.4, -0.2) is 52.4 Å². The number of hydrogen-bond donors (Lipinski definition) is 2. The molecular formula is C21H29N5O3. The van der Waals surface area contributed by atoms with Crippen LogP contribution in [0.25, 0.3) is 0 Å². The van der Waals surface area contributed by atoms with Crippen molar-refractivity contribution in [3.8, 4) is 0 Å². The van der Waals surface area contributed by atoms with Gasteiger partial charge in [-0.1, -0.05) is 12.1 Å². The first kappa shape index (κ1) is 22.3. The van der Waals surface area contributed by atoms with Gasteiger partial charge in [0.1, 0.15) is 0 Å². The van der Waals surface area contributed by atoms with E-state index in [-0.39, 0.29) is 5.69 Å². The molecule has 0 bridgehead atoms. The zero-order chi connectivity index (χ0) is 21.2. The van der Waals surface area contributed by atoms with Crippen molar-refractivity contribution in [2.24, 2.45) is 0 Å². The number of rotatable bonds is 9. The summed E-state index contributed by atoms with van der Waals surface area (Å²) < 4.78 is 1.46. The van der Waals surface area contributed by atoms with Gasteiger partial charge in [-0.2, -0.15) is 0 Å². The van der Waals surface area contributed by atoms with Crippen molar-refractivity contribution in [2.75, 3.05) is 25.5 Å². The largest absolute Gasteiger partial charge is 0.348 e. The van der Waals surface area contributed by atoms with E-state index in [1.54, 1.807) is 30.5 Å². The predicted octanol–water partition coefficient (Wildman–Crippen LogP) is 1.47. The number of nitrogens with zero attached hydrogens (tertiary/aromatic N) is 3. The number of carbonyl (C=O) groups is 2. The second kappa shape index (κ2) is 11.1. The molecule has 1 aromatic heterocycles. The monoisotopic (exact) mass is 399 g/mol. The number of anilines is 1. The van der Waals surface area contributed by atoms with Gasteiger partial charge >= 0.3 is 17.5 Å². The molecule has 0 aliphatic rings. The van der Waals surface area contributed by atoms with Crippen LogP contribution in [0.4, 0.5) is 5.69 Å². The molecule has 0 saturated carbocycles. The van der Waals surface area contributed by atoms with E-state index in [1.165, 1.54) is 10.8 Å². The molecule has 0 aliphatic heterocycles. The minimum Gasteiger partial charge on any atom is -0.348 e. The van der Waals surface area contributed by atoms with Crippen molar-refractivity contribution in [2.45, 2.75) is 39.3 Å². The molecule has 2 rings (SSSR count). The topological polar surface area (TPSA) is 96.3 Å². The van der Waals surface area contributed by atoms with E-state index in [4.69, 9.17) is 0 Å². The molecule has 8 heteroatoms. The minimum absolute atomic E-state index is 0.327. The summed E-state index contributed by atoms with van der Waals surface area (Å²) in [6.45, 7) is 6.01. The molecule has 1 aromatic carbocycles. The van der Waals surface area contributed by atoms with Crippen molar-refractivity contribution < 1.29 is 9.59 Å². The Balaban J connectivity index is 1.80. The van der Waals surface area contributed by atoms with Gasteiger partial charge in [-0.25, -0.2) is 9.78 Å². The van der Waals surface area contributed by atoms with Crippen LogP contribution in [0.1, 0.15) is 32.3 Å². The summed E-state index contributed by atoms with van der Waals surface area (Å²) in [5, 5.41) is 5.24. The summed E-state index contributed by atoms with van der Waals surface area (Å²) in [6, 6.07) is 9.19. The second-order valence-corrected chi connectivity index (χ2v) is 7.22. The molecule has 1 heterocycles. The van der Waals surface area contributed by atoms with Crippen molar-refractivity contribution in [1.82, 2.24) is 19.8 Å². The van der Waals surface area contributed by atoms with E-state index in [0.29, 0.717) is 24.8 Å². The van der Waals surface area contributed by atoms with Crippen LogP contribution in [0.15, 0.2) is 47.5 Å². The highest BCUT2D eigenvalue weighted by Crippen LogP contribution is 2.11.